The van der Waals surface area contributed by atoms with E-state index in [-0.39, 0.29) is 11.9 Å². The molecule has 2 bridgehead atoms. The van der Waals surface area contributed by atoms with Crippen LogP contribution in [0.4, 0.5) is 14.5 Å². The SMILES string of the molecule is COc1ccc(S(=O)(=O)N(C)C2CCN3CCOC2C3)c(NS(=O)(=O)C(F)F)c1. The smallest absolute Gasteiger partial charge is 0.355 e. The van der Waals surface area contributed by atoms with E-state index in [0.717, 1.165) is 23.0 Å². The third-order valence-corrected chi connectivity index (χ3v) is 8.06. The molecule has 2 fully saturated rings. The number of anilines is 1. The molecule has 2 heterocycles. The van der Waals surface area contributed by atoms with Crippen molar-refractivity contribution in [3.63, 3.8) is 0 Å². The number of likely N-dealkylation sites (N-methyl/N-ethyl adjacent to an activating group) is 1. The normalized spacial score (nSPS) is 25.2. The predicted octanol–water partition coefficient (Wildman–Crippen LogP) is 0.753. The fourth-order valence-corrected chi connectivity index (χ4v) is 5.72. The molecule has 3 atom stereocenters. The molecule has 1 aromatic rings. The van der Waals surface area contributed by atoms with Crippen molar-refractivity contribution < 1.29 is 35.1 Å². The van der Waals surface area contributed by atoms with Crippen molar-refractivity contribution in [1.29, 1.82) is 0 Å². The number of alkyl halides is 2. The molecule has 164 valence electrons. The molecule has 1 aromatic carbocycles. The summed E-state index contributed by atoms with van der Waals surface area (Å²) in [6, 6.07) is 3.05. The Bertz CT molecular complexity index is 957. The first kappa shape index (κ1) is 22.2. The zero-order valence-electron chi connectivity index (χ0n) is 15.9. The summed E-state index contributed by atoms with van der Waals surface area (Å²) in [5, 5.41) is 0. The second-order valence-electron chi connectivity index (χ2n) is 6.86. The molecule has 3 rings (SSSR count). The van der Waals surface area contributed by atoms with Crippen LogP contribution in [0.2, 0.25) is 0 Å². The summed E-state index contributed by atoms with van der Waals surface area (Å²) in [4.78, 5) is 1.74. The number of fused-ring (bicyclic) bond motifs is 2. The molecule has 9 nitrogen and oxygen atoms in total. The number of hydrogen-bond acceptors (Lipinski definition) is 7. The number of rotatable bonds is 7. The van der Waals surface area contributed by atoms with Crippen LogP contribution in [0, 0.1) is 0 Å². The highest BCUT2D eigenvalue weighted by molar-refractivity contribution is 7.93. The summed E-state index contributed by atoms with van der Waals surface area (Å²) in [7, 11) is -6.63. The molecule has 0 aromatic heterocycles. The van der Waals surface area contributed by atoms with Crippen molar-refractivity contribution in [3.05, 3.63) is 18.2 Å². The third kappa shape index (κ3) is 4.48. The van der Waals surface area contributed by atoms with E-state index < -0.39 is 42.4 Å². The zero-order chi connectivity index (χ0) is 21.4. The molecular weight excluding hydrogens is 432 g/mol. The number of sulfonamides is 2. The van der Waals surface area contributed by atoms with Gasteiger partial charge in [-0.05, 0) is 25.1 Å². The molecule has 0 saturated carbocycles. The number of hydrogen-bond donors (Lipinski definition) is 1. The van der Waals surface area contributed by atoms with Crippen LogP contribution in [-0.4, -0.2) is 84.3 Å². The molecule has 13 heteroatoms. The first-order valence-corrected chi connectivity index (χ1v) is 11.8. The molecule has 0 aliphatic carbocycles. The zero-order valence-corrected chi connectivity index (χ0v) is 17.5. The quantitative estimate of drug-likeness (QED) is 0.647. The van der Waals surface area contributed by atoms with Crippen LogP contribution in [-0.2, 0) is 24.8 Å². The molecule has 3 unspecified atom stereocenters. The minimum atomic E-state index is -5.08. The highest BCUT2D eigenvalue weighted by Crippen LogP contribution is 2.33. The third-order valence-electron chi connectivity index (χ3n) is 5.15. The van der Waals surface area contributed by atoms with Crippen LogP contribution in [0.3, 0.4) is 0 Å². The van der Waals surface area contributed by atoms with Crippen LogP contribution < -0.4 is 9.46 Å². The first-order valence-electron chi connectivity index (χ1n) is 8.86. The Hall–Kier alpha value is -1.54. The number of nitrogens with zero attached hydrogens (tertiary/aromatic N) is 2. The van der Waals surface area contributed by atoms with E-state index >= 15 is 0 Å². The van der Waals surface area contributed by atoms with E-state index in [9.17, 15) is 25.6 Å². The van der Waals surface area contributed by atoms with Gasteiger partial charge in [0.2, 0.25) is 10.0 Å². The molecule has 29 heavy (non-hydrogen) atoms. The maximum Gasteiger partial charge on any atom is 0.355 e. The van der Waals surface area contributed by atoms with Crippen molar-refractivity contribution in [3.8, 4) is 5.75 Å². The lowest BCUT2D eigenvalue weighted by molar-refractivity contribution is -0.0836. The number of halogens is 2. The van der Waals surface area contributed by atoms with Gasteiger partial charge < -0.3 is 9.47 Å². The monoisotopic (exact) mass is 455 g/mol. The number of morpholine rings is 1. The van der Waals surface area contributed by atoms with E-state index in [0.29, 0.717) is 26.1 Å². The average molecular weight is 456 g/mol. The molecule has 0 amide bonds. The molecule has 2 aliphatic rings. The Morgan fingerprint density at radius 1 is 1.28 bits per heavy atom. The summed E-state index contributed by atoms with van der Waals surface area (Å²) in [6.45, 7) is 2.59. The number of nitrogens with one attached hydrogen (secondary N) is 1. The van der Waals surface area contributed by atoms with E-state index in [4.69, 9.17) is 9.47 Å². The summed E-state index contributed by atoms with van der Waals surface area (Å²) in [5.41, 5.74) is -0.501. The highest BCUT2D eigenvalue weighted by Gasteiger charge is 2.40. The number of methoxy groups -OCH3 is 1. The van der Waals surface area contributed by atoms with Crippen molar-refractivity contribution in [1.82, 2.24) is 9.21 Å². The van der Waals surface area contributed by atoms with Gasteiger partial charge in [-0.15, -0.1) is 0 Å². The van der Waals surface area contributed by atoms with Gasteiger partial charge in [-0.3, -0.25) is 9.62 Å². The van der Waals surface area contributed by atoms with Crippen molar-refractivity contribution >= 4 is 25.7 Å². The lowest BCUT2D eigenvalue weighted by Gasteiger charge is -2.45. The summed E-state index contributed by atoms with van der Waals surface area (Å²) in [6.07, 6.45) is 0.214. The Kier molecular flexibility index (Phi) is 6.34. The van der Waals surface area contributed by atoms with Gasteiger partial charge in [-0.25, -0.2) is 16.8 Å². The Balaban J connectivity index is 1.97. The number of benzene rings is 1. The van der Waals surface area contributed by atoms with Gasteiger partial charge in [-0.1, -0.05) is 0 Å². The second-order valence-corrected chi connectivity index (χ2v) is 10.5. The van der Waals surface area contributed by atoms with E-state index in [2.05, 4.69) is 4.90 Å². The van der Waals surface area contributed by atoms with E-state index in [1.807, 2.05) is 0 Å². The summed E-state index contributed by atoms with van der Waals surface area (Å²) >= 11 is 0. The van der Waals surface area contributed by atoms with Crippen molar-refractivity contribution in [2.45, 2.75) is 29.2 Å². The van der Waals surface area contributed by atoms with Gasteiger partial charge in [-0.2, -0.15) is 13.1 Å². The van der Waals surface area contributed by atoms with Gasteiger partial charge in [0.25, 0.3) is 10.0 Å². The molecule has 2 saturated heterocycles. The fraction of sp³-hybridized carbons (Fsp3) is 0.625. The van der Waals surface area contributed by atoms with Gasteiger partial charge in [0.15, 0.2) is 0 Å². The van der Waals surface area contributed by atoms with Gasteiger partial charge in [0.05, 0.1) is 31.5 Å². The predicted molar refractivity (Wildman–Crippen MR) is 101 cm³/mol. The van der Waals surface area contributed by atoms with E-state index in [1.54, 1.807) is 4.72 Å². The van der Waals surface area contributed by atoms with Crippen molar-refractivity contribution in [2.24, 2.45) is 0 Å². The minimum absolute atomic E-state index is 0.113. The summed E-state index contributed by atoms with van der Waals surface area (Å²) < 4.78 is 89.0. The highest BCUT2D eigenvalue weighted by atomic mass is 32.2. The lowest BCUT2D eigenvalue weighted by atomic mass is 10.0. The van der Waals surface area contributed by atoms with Gasteiger partial charge >= 0.3 is 5.76 Å². The number of ether oxygens (including phenoxy) is 2. The van der Waals surface area contributed by atoms with Crippen molar-refractivity contribution in [2.75, 3.05) is 45.1 Å². The largest absolute Gasteiger partial charge is 0.497 e. The van der Waals surface area contributed by atoms with Crippen LogP contribution in [0.5, 0.6) is 5.75 Å². The molecule has 1 N–H and O–H groups in total. The second kappa shape index (κ2) is 8.30. The maximum absolute atomic E-state index is 13.3. The van der Waals surface area contributed by atoms with Crippen LogP contribution in [0.15, 0.2) is 23.1 Å². The van der Waals surface area contributed by atoms with Gasteiger partial charge in [0.1, 0.15) is 10.6 Å². The van der Waals surface area contributed by atoms with E-state index in [1.165, 1.54) is 20.2 Å². The molecule has 2 aliphatic heterocycles. The van der Waals surface area contributed by atoms with Crippen LogP contribution in [0.1, 0.15) is 6.42 Å². The fourth-order valence-electron chi connectivity index (χ4n) is 3.56. The van der Waals surface area contributed by atoms with Crippen LogP contribution in [0.25, 0.3) is 0 Å². The van der Waals surface area contributed by atoms with Crippen LogP contribution >= 0.6 is 0 Å². The summed E-state index contributed by atoms with van der Waals surface area (Å²) in [5.74, 6) is -3.61. The average Bonchev–Trinajstić information content (AvgIpc) is 2.67. The molecule has 0 radical (unpaired) electrons. The first-order chi connectivity index (χ1) is 13.6. The number of piperidine rings is 1. The lowest BCUT2D eigenvalue weighted by Crippen LogP contribution is -2.58. The maximum atomic E-state index is 13.3. The molecular formula is C16H23F2N3O6S2. The topological polar surface area (TPSA) is 105 Å². The Labute approximate surface area is 168 Å². The molecule has 0 spiro atoms. The minimum Gasteiger partial charge on any atom is -0.497 e. The Morgan fingerprint density at radius 3 is 2.66 bits per heavy atom. The van der Waals surface area contributed by atoms with Gasteiger partial charge in [0, 0.05) is 26.2 Å². The standard InChI is InChI=1S/C16H23F2N3O6S2/c1-20(13-5-6-21-7-8-27-14(13)10-21)29(24,25)15-4-3-11(26-2)9-12(15)19-28(22,23)16(17)18/h3-4,9,13-14,16,19H,5-8,10H2,1-2H3. The Morgan fingerprint density at radius 2 is 2.00 bits per heavy atom.